The first-order valence-electron chi connectivity index (χ1n) is 10.2. The molecule has 33 heavy (non-hydrogen) atoms. The van der Waals surface area contributed by atoms with Gasteiger partial charge in [-0.05, 0) is 54.6 Å². The molecule has 0 unspecified atom stereocenters. The van der Waals surface area contributed by atoms with Crippen LogP contribution in [0.5, 0.6) is 0 Å². The van der Waals surface area contributed by atoms with Gasteiger partial charge in [-0.1, -0.05) is 24.3 Å². The van der Waals surface area contributed by atoms with Crippen molar-refractivity contribution >= 4 is 29.0 Å². The lowest BCUT2D eigenvalue weighted by Crippen LogP contribution is -2.23. The normalized spacial score (nSPS) is 10.3. The second-order valence-electron chi connectivity index (χ2n) is 7.04. The first-order chi connectivity index (χ1) is 16.1. The van der Waals surface area contributed by atoms with Crippen molar-refractivity contribution in [3.05, 3.63) is 114 Å². The fourth-order valence-corrected chi connectivity index (χ4v) is 3.09. The molecule has 0 saturated carbocycles. The van der Waals surface area contributed by atoms with Gasteiger partial charge in [0.15, 0.2) is 0 Å². The Hall–Kier alpha value is -4.59. The topological polar surface area (TPSA) is 96.0 Å². The maximum Gasteiger partial charge on any atom is 0.259 e. The van der Waals surface area contributed by atoms with E-state index < -0.39 is 11.7 Å². The highest BCUT2D eigenvalue weighted by Crippen LogP contribution is 2.22. The number of nitrogens with zero attached hydrogens (tertiary/aromatic N) is 2. The molecule has 4 aromatic rings. The Bertz CT molecular complexity index is 1280. The Morgan fingerprint density at radius 3 is 2.45 bits per heavy atom. The van der Waals surface area contributed by atoms with E-state index in [4.69, 9.17) is 0 Å². The molecule has 2 aromatic carbocycles. The highest BCUT2D eigenvalue weighted by Gasteiger charge is 2.15. The third-order valence-corrected chi connectivity index (χ3v) is 4.72. The highest BCUT2D eigenvalue weighted by molar-refractivity contribution is 6.08. The van der Waals surface area contributed by atoms with Gasteiger partial charge in [-0.3, -0.25) is 14.6 Å². The zero-order valence-corrected chi connectivity index (χ0v) is 17.5. The molecule has 0 spiro atoms. The Kier molecular flexibility index (Phi) is 6.65. The molecule has 0 radical (unpaired) electrons. The molecule has 0 fully saturated rings. The van der Waals surface area contributed by atoms with Gasteiger partial charge in [0.05, 0.1) is 23.5 Å². The molecular formula is C25H20FN5O2. The molecule has 8 heteroatoms. The maximum atomic E-state index is 14.0. The monoisotopic (exact) mass is 441 g/mol. The van der Waals surface area contributed by atoms with E-state index in [1.54, 1.807) is 66.9 Å². The van der Waals surface area contributed by atoms with E-state index in [-0.39, 0.29) is 29.5 Å². The number of halogens is 1. The van der Waals surface area contributed by atoms with E-state index in [1.165, 1.54) is 12.3 Å². The lowest BCUT2D eigenvalue weighted by Gasteiger charge is -2.12. The van der Waals surface area contributed by atoms with E-state index in [9.17, 15) is 14.0 Å². The number of hydrogen-bond acceptors (Lipinski definition) is 5. The van der Waals surface area contributed by atoms with Gasteiger partial charge in [0.25, 0.3) is 11.8 Å². The molecule has 0 saturated heterocycles. The SMILES string of the molecule is O=C(NCc1ccccn1)c1cccc(NC(=O)c2cccnc2Nc2ccccc2F)c1. The van der Waals surface area contributed by atoms with Gasteiger partial charge < -0.3 is 16.0 Å². The van der Waals surface area contributed by atoms with Gasteiger partial charge in [-0.15, -0.1) is 0 Å². The largest absolute Gasteiger partial charge is 0.346 e. The molecule has 0 aliphatic rings. The minimum atomic E-state index is -0.459. The lowest BCUT2D eigenvalue weighted by molar-refractivity contribution is 0.0949. The Morgan fingerprint density at radius 1 is 0.818 bits per heavy atom. The summed E-state index contributed by atoms with van der Waals surface area (Å²) in [6.45, 7) is 0.289. The molecule has 0 atom stereocenters. The van der Waals surface area contributed by atoms with Crippen LogP contribution in [0.3, 0.4) is 0 Å². The molecule has 4 rings (SSSR count). The number of benzene rings is 2. The standard InChI is InChI=1S/C25H20FN5O2/c26-21-11-1-2-12-22(21)31-23-20(10-6-14-28-23)25(33)30-18-9-5-7-17(15-18)24(32)29-16-19-8-3-4-13-27-19/h1-15H,16H2,(H,28,31)(H,29,32)(H,30,33). The van der Waals surface area contributed by atoms with Crippen molar-refractivity contribution in [1.82, 2.24) is 15.3 Å². The molecule has 3 N–H and O–H groups in total. The minimum Gasteiger partial charge on any atom is -0.346 e. The number of nitrogens with one attached hydrogen (secondary N) is 3. The fraction of sp³-hybridized carbons (Fsp3) is 0.0400. The van der Waals surface area contributed by atoms with Gasteiger partial charge in [-0.2, -0.15) is 0 Å². The van der Waals surface area contributed by atoms with Crippen molar-refractivity contribution in [3.63, 3.8) is 0 Å². The maximum absolute atomic E-state index is 14.0. The van der Waals surface area contributed by atoms with Crippen molar-refractivity contribution in [1.29, 1.82) is 0 Å². The van der Waals surface area contributed by atoms with Crippen molar-refractivity contribution in [3.8, 4) is 0 Å². The second kappa shape index (κ2) is 10.1. The van der Waals surface area contributed by atoms with Crippen molar-refractivity contribution in [2.45, 2.75) is 6.54 Å². The predicted molar refractivity (Wildman–Crippen MR) is 124 cm³/mol. The third kappa shape index (κ3) is 5.56. The Balaban J connectivity index is 1.46. The average Bonchev–Trinajstić information content (AvgIpc) is 2.85. The van der Waals surface area contributed by atoms with E-state index in [0.29, 0.717) is 11.3 Å². The van der Waals surface area contributed by atoms with Crippen LogP contribution in [0, 0.1) is 5.82 Å². The number of amides is 2. The number of para-hydroxylation sites is 1. The van der Waals surface area contributed by atoms with Crippen LogP contribution in [0.25, 0.3) is 0 Å². The van der Waals surface area contributed by atoms with Gasteiger partial charge in [0, 0.05) is 23.6 Å². The minimum absolute atomic E-state index is 0.205. The zero-order chi connectivity index (χ0) is 23.0. The summed E-state index contributed by atoms with van der Waals surface area (Å²) in [5, 5.41) is 8.41. The molecule has 2 heterocycles. The number of rotatable bonds is 7. The summed E-state index contributed by atoms with van der Waals surface area (Å²) >= 11 is 0. The molecule has 0 bridgehead atoms. The Labute approximate surface area is 189 Å². The lowest BCUT2D eigenvalue weighted by atomic mass is 10.1. The number of carbonyl (C=O) groups is 2. The van der Waals surface area contributed by atoms with Crippen LogP contribution in [0.4, 0.5) is 21.6 Å². The number of pyridine rings is 2. The second-order valence-corrected chi connectivity index (χ2v) is 7.04. The summed E-state index contributed by atoms with van der Waals surface area (Å²) in [5.41, 5.74) is 2.00. The van der Waals surface area contributed by atoms with Crippen molar-refractivity contribution < 1.29 is 14.0 Å². The van der Waals surface area contributed by atoms with E-state index in [0.717, 1.165) is 5.69 Å². The molecule has 2 amide bonds. The number of aromatic nitrogens is 2. The van der Waals surface area contributed by atoms with Crippen LogP contribution in [0.15, 0.2) is 91.3 Å². The van der Waals surface area contributed by atoms with Crippen LogP contribution < -0.4 is 16.0 Å². The van der Waals surface area contributed by atoms with Crippen molar-refractivity contribution in [2.75, 3.05) is 10.6 Å². The molecule has 0 aliphatic carbocycles. The highest BCUT2D eigenvalue weighted by atomic mass is 19.1. The van der Waals surface area contributed by atoms with E-state index in [2.05, 4.69) is 25.9 Å². The third-order valence-electron chi connectivity index (χ3n) is 4.72. The van der Waals surface area contributed by atoms with Gasteiger partial charge in [0.2, 0.25) is 0 Å². The van der Waals surface area contributed by atoms with Crippen LogP contribution in [0.2, 0.25) is 0 Å². The molecule has 7 nitrogen and oxygen atoms in total. The fourth-order valence-electron chi connectivity index (χ4n) is 3.09. The smallest absolute Gasteiger partial charge is 0.259 e. The summed E-state index contributed by atoms with van der Waals surface area (Å²) in [6, 6.07) is 21.4. The molecule has 0 aliphatic heterocycles. The van der Waals surface area contributed by atoms with Crippen LogP contribution >= 0.6 is 0 Å². The molecule has 2 aromatic heterocycles. The van der Waals surface area contributed by atoms with E-state index >= 15 is 0 Å². The van der Waals surface area contributed by atoms with Gasteiger partial charge in [-0.25, -0.2) is 9.37 Å². The van der Waals surface area contributed by atoms with Crippen LogP contribution in [-0.2, 0) is 6.54 Å². The Morgan fingerprint density at radius 2 is 1.64 bits per heavy atom. The molecular weight excluding hydrogens is 421 g/mol. The summed E-state index contributed by atoms with van der Waals surface area (Å²) in [4.78, 5) is 33.8. The first kappa shape index (κ1) is 21.6. The summed E-state index contributed by atoms with van der Waals surface area (Å²) < 4.78 is 14.0. The van der Waals surface area contributed by atoms with Gasteiger partial charge in [0.1, 0.15) is 11.6 Å². The van der Waals surface area contributed by atoms with Gasteiger partial charge >= 0.3 is 0 Å². The number of anilines is 3. The average molecular weight is 441 g/mol. The number of carbonyl (C=O) groups excluding carboxylic acids is 2. The zero-order valence-electron chi connectivity index (χ0n) is 17.5. The summed E-state index contributed by atoms with van der Waals surface area (Å²) in [7, 11) is 0. The quantitative estimate of drug-likeness (QED) is 0.391. The van der Waals surface area contributed by atoms with Crippen LogP contribution in [0.1, 0.15) is 26.4 Å². The summed E-state index contributed by atoms with van der Waals surface area (Å²) in [5.74, 6) is -0.990. The first-order valence-corrected chi connectivity index (χ1v) is 10.2. The van der Waals surface area contributed by atoms with Crippen molar-refractivity contribution in [2.24, 2.45) is 0 Å². The van der Waals surface area contributed by atoms with E-state index in [1.807, 2.05) is 12.1 Å². The summed E-state index contributed by atoms with van der Waals surface area (Å²) in [6.07, 6.45) is 3.16. The molecule has 164 valence electrons. The number of hydrogen-bond donors (Lipinski definition) is 3. The van der Waals surface area contributed by atoms with Crippen LogP contribution in [-0.4, -0.2) is 21.8 Å². The predicted octanol–water partition coefficient (Wildman–Crippen LogP) is 4.54.